The van der Waals surface area contributed by atoms with E-state index in [-0.39, 0.29) is 17.3 Å². The number of nitrogens with one attached hydrogen (secondary N) is 2. The second kappa shape index (κ2) is 10.5. The molecular formula is C21H20F3N5O4S. The second-order valence-corrected chi connectivity index (χ2v) is 8.35. The average molecular weight is 495 g/mol. The van der Waals surface area contributed by atoms with Gasteiger partial charge in [0, 0.05) is 0 Å². The number of ether oxygens (including phenoxy) is 1. The maximum absolute atomic E-state index is 13.2. The molecule has 34 heavy (non-hydrogen) atoms. The van der Waals surface area contributed by atoms with E-state index in [2.05, 4.69) is 20.7 Å². The molecule has 0 radical (unpaired) electrons. The Morgan fingerprint density at radius 3 is 2.56 bits per heavy atom. The van der Waals surface area contributed by atoms with Gasteiger partial charge >= 0.3 is 12.1 Å². The summed E-state index contributed by atoms with van der Waals surface area (Å²) in [6.45, 7) is 2.60. The van der Waals surface area contributed by atoms with Gasteiger partial charge in [-0.1, -0.05) is 19.9 Å². The summed E-state index contributed by atoms with van der Waals surface area (Å²) in [5, 5.41) is 10.4. The summed E-state index contributed by atoms with van der Waals surface area (Å²) in [6.07, 6.45) is -2.21. The van der Waals surface area contributed by atoms with Crippen molar-refractivity contribution in [1.29, 1.82) is 0 Å². The number of carbonyl (C=O) groups excluding carboxylic acids is 3. The number of esters is 1. The zero-order chi connectivity index (χ0) is 24.9. The maximum Gasteiger partial charge on any atom is 0.416 e. The summed E-state index contributed by atoms with van der Waals surface area (Å²) < 4.78 is 45.7. The predicted molar refractivity (Wildman–Crippen MR) is 116 cm³/mol. The molecule has 3 rings (SSSR count). The van der Waals surface area contributed by atoms with Crippen LogP contribution in [0.4, 0.5) is 18.9 Å². The number of amides is 2. The number of thiophene rings is 1. The summed E-state index contributed by atoms with van der Waals surface area (Å²) in [7, 11) is 0. The van der Waals surface area contributed by atoms with Crippen LogP contribution >= 0.6 is 11.3 Å². The Bertz CT molecular complexity index is 1150. The molecule has 13 heteroatoms. The largest absolute Gasteiger partial charge is 0.454 e. The average Bonchev–Trinajstić information content (AvgIpc) is 3.49. The Balaban J connectivity index is 1.68. The van der Waals surface area contributed by atoms with Crippen molar-refractivity contribution in [2.24, 2.45) is 5.92 Å². The number of hydrogen-bond donors (Lipinski definition) is 2. The standard InChI is InChI=1S/C21H20F3N5O4S/c1-12(2)18(28-19(31)16-4-3-7-34-16)20(32)33-9-17(30)27-14-8-13(21(22,23)24)5-6-15(14)29-11-25-10-26-29/h3-8,10-12,18H,9H2,1-2H3,(H,27,30)(H,28,31). The van der Waals surface area contributed by atoms with Gasteiger partial charge in [-0.3, -0.25) is 9.59 Å². The molecule has 0 fully saturated rings. The lowest BCUT2D eigenvalue weighted by Gasteiger charge is -2.20. The number of benzene rings is 1. The third-order valence-electron chi connectivity index (χ3n) is 4.56. The predicted octanol–water partition coefficient (Wildman–Crippen LogP) is 3.28. The first-order valence-corrected chi connectivity index (χ1v) is 10.8. The fraction of sp³-hybridized carbons (Fsp3) is 0.286. The van der Waals surface area contributed by atoms with Crippen LogP contribution in [0.25, 0.3) is 5.69 Å². The maximum atomic E-state index is 13.2. The van der Waals surface area contributed by atoms with E-state index < -0.39 is 42.2 Å². The molecule has 0 saturated heterocycles. The highest BCUT2D eigenvalue weighted by Gasteiger charge is 2.32. The number of hydrogen-bond acceptors (Lipinski definition) is 7. The van der Waals surface area contributed by atoms with Crippen LogP contribution < -0.4 is 10.6 Å². The number of halogens is 3. The van der Waals surface area contributed by atoms with E-state index in [0.717, 1.165) is 18.2 Å². The molecule has 1 atom stereocenters. The molecule has 2 heterocycles. The van der Waals surface area contributed by atoms with Gasteiger partial charge in [-0.25, -0.2) is 14.5 Å². The Hall–Kier alpha value is -3.74. The van der Waals surface area contributed by atoms with Gasteiger partial charge in [0.05, 0.1) is 21.8 Å². The number of rotatable bonds is 8. The van der Waals surface area contributed by atoms with E-state index in [1.165, 1.54) is 28.7 Å². The minimum Gasteiger partial charge on any atom is -0.454 e. The molecule has 1 aromatic carbocycles. The van der Waals surface area contributed by atoms with Gasteiger partial charge in [0.2, 0.25) is 0 Å². The topological polar surface area (TPSA) is 115 Å². The molecule has 2 aromatic heterocycles. The summed E-state index contributed by atoms with van der Waals surface area (Å²) in [5.74, 6) is -2.53. The Morgan fingerprint density at radius 2 is 1.97 bits per heavy atom. The van der Waals surface area contributed by atoms with Gasteiger partial charge in [0.25, 0.3) is 11.8 Å². The van der Waals surface area contributed by atoms with Gasteiger partial charge in [0.1, 0.15) is 18.7 Å². The quantitative estimate of drug-likeness (QED) is 0.464. The van der Waals surface area contributed by atoms with Crippen LogP contribution in [-0.4, -0.2) is 45.2 Å². The van der Waals surface area contributed by atoms with Gasteiger partial charge in [0.15, 0.2) is 6.61 Å². The lowest BCUT2D eigenvalue weighted by Crippen LogP contribution is -2.45. The van der Waals surface area contributed by atoms with Crippen molar-refractivity contribution in [2.75, 3.05) is 11.9 Å². The third-order valence-corrected chi connectivity index (χ3v) is 5.43. The molecule has 9 nitrogen and oxygen atoms in total. The molecule has 0 aliphatic carbocycles. The molecule has 2 N–H and O–H groups in total. The monoisotopic (exact) mass is 495 g/mol. The zero-order valence-corrected chi connectivity index (χ0v) is 18.8. The number of nitrogens with zero attached hydrogens (tertiary/aromatic N) is 3. The smallest absolute Gasteiger partial charge is 0.416 e. The Morgan fingerprint density at radius 1 is 1.21 bits per heavy atom. The van der Waals surface area contributed by atoms with Gasteiger partial charge in [-0.2, -0.15) is 18.3 Å². The molecule has 2 amide bonds. The number of aromatic nitrogens is 3. The molecule has 0 aliphatic heterocycles. The van der Waals surface area contributed by atoms with Crippen LogP contribution in [0.5, 0.6) is 0 Å². The van der Waals surface area contributed by atoms with E-state index in [1.807, 2.05) is 0 Å². The van der Waals surface area contributed by atoms with Gasteiger partial charge in [-0.15, -0.1) is 11.3 Å². The highest BCUT2D eigenvalue weighted by Crippen LogP contribution is 2.33. The lowest BCUT2D eigenvalue weighted by atomic mass is 10.0. The fourth-order valence-electron chi connectivity index (χ4n) is 2.88. The van der Waals surface area contributed by atoms with Gasteiger partial charge in [-0.05, 0) is 35.6 Å². The normalized spacial score (nSPS) is 12.3. The number of alkyl halides is 3. The molecular weight excluding hydrogens is 475 g/mol. The molecule has 0 spiro atoms. The number of anilines is 1. The minimum atomic E-state index is -4.64. The van der Waals surface area contributed by atoms with Crippen LogP contribution in [0.2, 0.25) is 0 Å². The second-order valence-electron chi connectivity index (χ2n) is 7.40. The first-order chi connectivity index (χ1) is 16.1. The van der Waals surface area contributed by atoms with Crippen LogP contribution in [-0.2, 0) is 20.5 Å². The number of carbonyl (C=O) groups is 3. The molecule has 180 valence electrons. The first kappa shape index (κ1) is 24.9. The van der Waals surface area contributed by atoms with E-state index in [0.29, 0.717) is 4.88 Å². The Kier molecular flexibility index (Phi) is 7.66. The van der Waals surface area contributed by atoms with Crippen LogP contribution in [0.3, 0.4) is 0 Å². The highest BCUT2D eigenvalue weighted by atomic mass is 32.1. The van der Waals surface area contributed by atoms with Crippen molar-refractivity contribution >= 4 is 34.8 Å². The highest BCUT2D eigenvalue weighted by molar-refractivity contribution is 7.12. The molecule has 0 aliphatic rings. The van der Waals surface area contributed by atoms with Crippen molar-refractivity contribution in [2.45, 2.75) is 26.1 Å². The molecule has 0 saturated carbocycles. The van der Waals surface area contributed by atoms with Crippen LogP contribution in [0.15, 0.2) is 48.4 Å². The van der Waals surface area contributed by atoms with E-state index in [1.54, 1.807) is 31.4 Å². The van der Waals surface area contributed by atoms with Crippen molar-refractivity contribution in [3.63, 3.8) is 0 Å². The van der Waals surface area contributed by atoms with E-state index in [4.69, 9.17) is 4.74 Å². The Labute approximate surface area is 195 Å². The van der Waals surface area contributed by atoms with Crippen molar-refractivity contribution in [1.82, 2.24) is 20.1 Å². The lowest BCUT2D eigenvalue weighted by molar-refractivity contribution is -0.150. The van der Waals surface area contributed by atoms with Crippen LogP contribution in [0.1, 0.15) is 29.1 Å². The summed E-state index contributed by atoms with van der Waals surface area (Å²) in [4.78, 5) is 41.3. The third kappa shape index (κ3) is 6.19. The van der Waals surface area contributed by atoms with Crippen molar-refractivity contribution in [3.05, 3.63) is 58.8 Å². The molecule has 0 bridgehead atoms. The minimum absolute atomic E-state index is 0.133. The first-order valence-electron chi connectivity index (χ1n) is 9.93. The van der Waals surface area contributed by atoms with E-state index in [9.17, 15) is 27.6 Å². The summed E-state index contributed by atoms with van der Waals surface area (Å²) in [6, 6.07) is 4.98. The molecule has 1 unspecified atom stereocenters. The SMILES string of the molecule is CC(C)C(NC(=O)c1cccs1)C(=O)OCC(=O)Nc1cc(C(F)(F)F)ccc1-n1cncn1. The summed E-state index contributed by atoms with van der Waals surface area (Å²) >= 11 is 1.20. The van der Waals surface area contributed by atoms with Crippen LogP contribution in [0, 0.1) is 5.92 Å². The zero-order valence-electron chi connectivity index (χ0n) is 18.0. The molecule has 3 aromatic rings. The van der Waals surface area contributed by atoms with Crippen molar-refractivity contribution in [3.8, 4) is 5.69 Å². The van der Waals surface area contributed by atoms with Gasteiger partial charge < -0.3 is 15.4 Å². The van der Waals surface area contributed by atoms with E-state index >= 15 is 0 Å². The van der Waals surface area contributed by atoms with Crippen molar-refractivity contribution < 1.29 is 32.3 Å². The summed E-state index contributed by atoms with van der Waals surface area (Å²) in [5.41, 5.74) is -1.05. The fourth-order valence-corrected chi connectivity index (χ4v) is 3.50.